The number of halogens is 4. The minimum absolute atomic E-state index is 0.0245. The van der Waals surface area contributed by atoms with E-state index in [9.17, 15) is 21.6 Å². The molecule has 0 saturated heterocycles. The lowest BCUT2D eigenvalue weighted by molar-refractivity contribution is -0.137. The van der Waals surface area contributed by atoms with Gasteiger partial charge in [-0.25, -0.2) is 0 Å². The van der Waals surface area contributed by atoms with Gasteiger partial charge in [0.25, 0.3) is 10.0 Å². The molecule has 0 amide bonds. The molecule has 1 aromatic carbocycles. The van der Waals surface area contributed by atoms with E-state index in [1.807, 2.05) is 0 Å². The number of hydrogen-bond donors (Lipinski definition) is 0. The van der Waals surface area contributed by atoms with Gasteiger partial charge in [-0.2, -0.15) is 21.6 Å². The molecular formula is C10H10BrF3N2O2S. The van der Waals surface area contributed by atoms with E-state index in [2.05, 4.69) is 20.3 Å². The molecule has 106 valence electrons. The molecule has 0 unspecified atom stereocenters. The average Bonchev–Trinajstić information content (AvgIpc) is 2.25. The first-order chi connectivity index (χ1) is 8.54. The van der Waals surface area contributed by atoms with Crippen LogP contribution in [0.5, 0.6) is 0 Å². The van der Waals surface area contributed by atoms with Gasteiger partial charge in [0.1, 0.15) is 11.2 Å². The summed E-state index contributed by atoms with van der Waals surface area (Å²) in [4.78, 5) is 0.833. The molecule has 0 aliphatic rings. The van der Waals surface area contributed by atoms with Crippen molar-refractivity contribution in [2.24, 2.45) is 4.40 Å². The number of hydrogen-bond acceptors (Lipinski definition) is 2. The summed E-state index contributed by atoms with van der Waals surface area (Å²) < 4.78 is 64.6. The summed E-state index contributed by atoms with van der Waals surface area (Å²) >= 11 is 2.91. The van der Waals surface area contributed by atoms with Gasteiger partial charge in [0.05, 0.1) is 5.56 Å². The van der Waals surface area contributed by atoms with Crippen molar-refractivity contribution in [3.63, 3.8) is 0 Å². The fourth-order valence-electron chi connectivity index (χ4n) is 1.09. The molecule has 0 heterocycles. The summed E-state index contributed by atoms with van der Waals surface area (Å²) in [5.74, 6) is 0. The molecule has 0 spiro atoms. The number of nitrogens with zero attached hydrogens (tertiary/aromatic N) is 2. The SMILES string of the molecule is CN(C)/C=N/S(=O)(=O)c1cc(C(F)(F)F)ccc1Br. The number of sulfonamides is 1. The summed E-state index contributed by atoms with van der Waals surface area (Å²) in [6.07, 6.45) is -3.61. The number of rotatable bonds is 3. The van der Waals surface area contributed by atoms with E-state index >= 15 is 0 Å². The van der Waals surface area contributed by atoms with Crippen LogP contribution in [0.1, 0.15) is 5.56 Å². The van der Waals surface area contributed by atoms with Crippen molar-refractivity contribution in [2.45, 2.75) is 11.1 Å². The van der Waals surface area contributed by atoms with Gasteiger partial charge in [-0.1, -0.05) is 0 Å². The van der Waals surface area contributed by atoms with Gasteiger partial charge < -0.3 is 4.90 Å². The molecule has 1 aromatic rings. The first-order valence-electron chi connectivity index (χ1n) is 4.87. The van der Waals surface area contributed by atoms with Crippen molar-refractivity contribution >= 4 is 32.3 Å². The second kappa shape index (κ2) is 5.49. The Bertz CT molecular complexity index is 597. The lowest BCUT2D eigenvalue weighted by Crippen LogP contribution is -2.11. The molecule has 0 aliphatic carbocycles. The van der Waals surface area contributed by atoms with Crippen LogP contribution in [-0.4, -0.2) is 33.8 Å². The van der Waals surface area contributed by atoms with Crippen molar-refractivity contribution in [1.29, 1.82) is 0 Å². The van der Waals surface area contributed by atoms with E-state index in [-0.39, 0.29) is 4.47 Å². The largest absolute Gasteiger partial charge is 0.416 e. The van der Waals surface area contributed by atoms with Crippen LogP contribution < -0.4 is 0 Å². The van der Waals surface area contributed by atoms with Crippen LogP contribution >= 0.6 is 15.9 Å². The van der Waals surface area contributed by atoms with Gasteiger partial charge in [-0.3, -0.25) is 0 Å². The smallest absolute Gasteiger partial charge is 0.368 e. The Morgan fingerprint density at radius 2 is 1.89 bits per heavy atom. The summed E-state index contributed by atoms with van der Waals surface area (Å²) in [7, 11) is -1.10. The highest BCUT2D eigenvalue weighted by Gasteiger charge is 2.32. The van der Waals surface area contributed by atoms with Gasteiger partial charge in [0.15, 0.2) is 0 Å². The Balaban J connectivity index is 3.35. The second-order valence-corrected chi connectivity index (χ2v) is 6.26. The van der Waals surface area contributed by atoms with E-state index < -0.39 is 26.7 Å². The fourth-order valence-corrected chi connectivity index (χ4v) is 2.97. The lowest BCUT2D eigenvalue weighted by Gasteiger charge is -2.09. The van der Waals surface area contributed by atoms with Crippen LogP contribution in [-0.2, 0) is 16.2 Å². The first-order valence-corrected chi connectivity index (χ1v) is 7.11. The van der Waals surface area contributed by atoms with Crippen molar-refractivity contribution in [3.05, 3.63) is 28.2 Å². The monoisotopic (exact) mass is 358 g/mol. The summed E-state index contributed by atoms with van der Waals surface area (Å²) in [6.45, 7) is 0. The molecule has 1 rings (SSSR count). The van der Waals surface area contributed by atoms with Crippen LogP contribution in [0.25, 0.3) is 0 Å². The molecule has 0 saturated carbocycles. The molecular weight excluding hydrogens is 349 g/mol. The molecule has 9 heteroatoms. The number of benzene rings is 1. The third kappa shape index (κ3) is 4.20. The molecule has 0 fully saturated rings. The van der Waals surface area contributed by atoms with E-state index in [0.717, 1.165) is 18.5 Å². The summed E-state index contributed by atoms with van der Waals surface area (Å²) in [5.41, 5.74) is -1.05. The van der Waals surface area contributed by atoms with Crippen molar-refractivity contribution in [3.8, 4) is 0 Å². The van der Waals surface area contributed by atoms with Crippen LogP contribution in [0, 0.1) is 0 Å². The maximum atomic E-state index is 12.5. The van der Waals surface area contributed by atoms with E-state index in [1.54, 1.807) is 14.1 Å². The third-order valence-electron chi connectivity index (χ3n) is 1.95. The minimum Gasteiger partial charge on any atom is -0.368 e. The molecule has 0 atom stereocenters. The van der Waals surface area contributed by atoms with Crippen molar-refractivity contribution < 1.29 is 21.6 Å². The van der Waals surface area contributed by atoms with Crippen LogP contribution in [0.4, 0.5) is 13.2 Å². The Hall–Kier alpha value is -1.09. The quantitative estimate of drug-likeness (QED) is 0.616. The predicted molar refractivity (Wildman–Crippen MR) is 68.5 cm³/mol. The summed E-state index contributed by atoms with van der Waals surface area (Å²) in [5, 5.41) is 0. The Labute approximate surface area is 117 Å². The molecule has 0 N–H and O–H groups in total. The standard InChI is InChI=1S/C10H10BrF3N2O2S/c1-16(2)6-15-19(17,18)9-5-7(10(12,13)14)3-4-8(9)11/h3-6H,1-2H3/b15-6+. The Morgan fingerprint density at radius 3 is 2.37 bits per heavy atom. The topological polar surface area (TPSA) is 49.7 Å². The minimum atomic E-state index is -4.61. The van der Waals surface area contributed by atoms with Gasteiger partial charge >= 0.3 is 6.18 Å². The van der Waals surface area contributed by atoms with Gasteiger partial charge in [0.2, 0.25) is 0 Å². The molecule has 19 heavy (non-hydrogen) atoms. The Kier molecular flexibility index (Phi) is 4.62. The van der Waals surface area contributed by atoms with Crippen molar-refractivity contribution in [2.75, 3.05) is 14.1 Å². The molecule has 0 aliphatic heterocycles. The molecule has 0 bridgehead atoms. The van der Waals surface area contributed by atoms with Crippen LogP contribution in [0.3, 0.4) is 0 Å². The maximum Gasteiger partial charge on any atom is 0.416 e. The molecule has 0 radical (unpaired) electrons. The lowest BCUT2D eigenvalue weighted by atomic mass is 10.2. The van der Waals surface area contributed by atoms with Gasteiger partial charge in [-0.05, 0) is 34.1 Å². The average molecular weight is 359 g/mol. The van der Waals surface area contributed by atoms with Crippen LogP contribution in [0.15, 0.2) is 32.0 Å². The molecule has 4 nitrogen and oxygen atoms in total. The fraction of sp³-hybridized carbons (Fsp3) is 0.300. The highest BCUT2D eigenvalue weighted by molar-refractivity contribution is 9.10. The van der Waals surface area contributed by atoms with E-state index in [4.69, 9.17) is 0 Å². The summed E-state index contributed by atoms with van der Waals surface area (Å²) in [6, 6.07) is 2.37. The van der Waals surface area contributed by atoms with Gasteiger partial charge in [0, 0.05) is 18.6 Å². The van der Waals surface area contributed by atoms with Crippen LogP contribution in [0.2, 0.25) is 0 Å². The highest BCUT2D eigenvalue weighted by atomic mass is 79.9. The zero-order valence-electron chi connectivity index (χ0n) is 9.94. The predicted octanol–water partition coefficient (Wildman–Crippen LogP) is 2.75. The number of alkyl halides is 3. The maximum absolute atomic E-state index is 12.5. The molecule has 0 aromatic heterocycles. The third-order valence-corrected chi connectivity index (χ3v) is 4.17. The van der Waals surface area contributed by atoms with Crippen molar-refractivity contribution in [1.82, 2.24) is 4.90 Å². The van der Waals surface area contributed by atoms with E-state index in [1.165, 1.54) is 4.90 Å². The normalized spacial score (nSPS) is 12.9. The van der Waals surface area contributed by atoms with E-state index in [0.29, 0.717) is 6.07 Å². The Morgan fingerprint density at radius 1 is 1.32 bits per heavy atom. The highest BCUT2D eigenvalue weighted by Crippen LogP contribution is 2.33. The first kappa shape index (κ1) is 16.0. The zero-order chi connectivity index (χ0) is 14.8. The second-order valence-electron chi connectivity index (χ2n) is 3.80. The zero-order valence-corrected chi connectivity index (χ0v) is 12.3. The van der Waals surface area contributed by atoms with Gasteiger partial charge in [-0.15, -0.1) is 4.40 Å².